The third kappa shape index (κ3) is 5.75. The van der Waals surface area contributed by atoms with Gasteiger partial charge in [-0.2, -0.15) is 13.2 Å². The van der Waals surface area contributed by atoms with Gasteiger partial charge in [0.25, 0.3) is 0 Å². The van der Waals surface area contributed by atoms with Crippen molar-refractivity contribution in [3.05, 3.63) is 58.9 Å². The summed E-state index contributed by atoms with van der Waals surface area (Å²) in [6, 6.07) is 5.99. The minimum absolute atomic E-state index is 0.0582. The van der Waals surface area contributed by atoms with Crippen LogP contribution in [-0.2, 0) is 22.3 Å². The second-order valence-electron chi connectivity index (χ2n) is 5.06. The number of carbonyl (C=O) groups is 2. The van der Waals surface area contributed by atoms with Gasteiger partial charge in [0.05, 0.1) is 16.3 Å². The van der Waals surface area contributed by atoms with E-state index in [1.165, 1.54) is 0 Å². The number of nitrogens with zero attached hydrogens (tertiary/aromatic N) is 1. The summed E-state index contributed by atoms with van der Waals surface area (Å²) in [5.41, 5.74) is -0.410. The lowest BCUT2D eigenvalue weighted by Crippen LogP contribution is -2.27. The smallest absolute Gasteiger partial charge is 0.352 e. The normalized spacial score (nSPS) is 11.0. The van der Waals surface area contributed by atoms with E-state index in [0.29, 0.717) is 6.07 Å². The zero-order valence-electron chi connectivity index (χ0n) is 12.7. The Morgan fingerprint density at radius 1 is 1.16 bits per heavy atom. The third-order valence-electron chi connectivity index (χ3n) is 3.10. The molecule has 0 unspecified atom stereocenters. The second kappa shape index (κ2) is 7.98. The van der Waals surface area contributed by atoms with Crippen LogP contribution in [0.4, 0.5) is 18.9 Å². The van der Waals surface area contributed by atoms with Crippen LogP contribution in [0, 0.1) is 0 Å². The monoisotopic (exact) mass is 371 g/mol. The van der Waals surface area contributed by atoms with Gasteiger partial charge in [0.1, 0.15) is 6.42 Å². The molecule has 0 saturated carbocycles. The van der Waals surface area contributed by atoms with Crippen molar-refractivity contribution >= 4 is 29.1 Å². The van der Waals surface area contributed by atoms with Gasteiger partial charge in [-0.15, -0.1) is 0 Å². The Morgan fingerprint density at radius 3 is 2.56 bits per heavy atom. The van der Waals surface area contributed by atoms with E-state index in [1.807, 2.05) is 0 Å². The van der Waals surface area contributed by atoms with E-state index < -0.39 is 30.0 Å². The highest BCUT2D eigenvalue weighted by molar-refractivity contribution is 6.33. The van der Waals surface area contributed by atoms with Gasteiger partial charge in [-0.25, -0.2) is 0 Å². The lowest BCUT2D eigenvalue weighted by Gasteiger charge is -2.11. The van der Waals surface area contributed by atoms with Crippen molar-refractivity contribution in [1.29, 1.82) is 0 Å². The van der Waals surface area contributed by atoms with Crippen molar-refractivity contribution in [2.45, 2.75) is 19.1 Å². The second-order valence-corrected chi connectivity index (χ2v) is 5.46. The number of aromatic nitrogens is 1. The van der Waals surface area contributed by atoms with Crippen molar-refractivity contribution in [1.82, 2.24) is 10.3 Å². The van der Waals surface area contributed by atoms with E-state index in [-0.39, 0.29) is 17.3 Å². The van der Waals surface area contributed by atoms with Gasteiger partial charge in [0.15, 0.2) is 0 Å². The molecule has 0 aliphatic carbocycles. The van der Waals surface area contributed by atoms with Crippen molar-refractivity contribution in [3.8, 4) is 0 Å². The maximum atomic E-state index is 12.7. The number of alkyl halides is 3. The van der Waals surface area contributed by atoms with E-state index >= 15 is 0 Å². The zero-order valence-corrected chi connectivity index (χ0v) is 13.5. The molecule has 5 nitrogen and oxygen atoms in total. The van der Waals surface area contributed by atoms with Gasteiger partial charge in [0.2, 0.25) is 11.8 Å². The minimum atomic E-state index is -4.56. The summed E-state index contributed by atoms with van der Waals surface area (Å²) in [7, 11) is 0. The van der Waals surface area contributed by atoms with Crippen LogP contribution in [0.2, 0.25) is 5.02 Å². The number of benzene rings is 1. The molecule has 1 aromatic carbocycles. The predicted molar refractivity (Wildman–Crippen MR) is 85.8 cm³/mol. The van der Waals surface area contributed by atoms with Crippen LogP contribution >= 0.6 is 11.6 Å². The molecule has 0 atom stereocenters. The first-order valence-corrected chi connectivity index (χ1v) is 7.45. The lowest BCUT2D eigenvalue weighted by molar-refractivity contribution is -0.137. The Hall–Kier alpha value is -2.61. The molecule has 0 spiro atoms. The number of rotatable bonds is 5. The van der Waals surface area contributed by atoms with Crippen molar-refractivity contribution in [2.24, 2.45) is 0 Å². The molecule has 2 rings (SSSR count). The van der Waals surface area contributed by atoms with E-state index in [9.17, 15) is 22.8 Å². The number of pyridine rings is 1. The number of nitrogens with one attached hydrogen (secondary N) is 2. The van der Waals surface area contributed by atoms with Crippen molar-refractivity contribution in [3.63, 3.8) is 0 Å². The molecule has 0 fully saturated rings. The third-order valence-corrected chi connectivity index (χ3v) is 3.43. The molecule has 2 N–H and O–H groups in total. The molecule has 1 heterocycles. The van der Waals surface area contributed by atoms with Gasteiger partial charge >= 0.3 is 6.18 Å². The number of halogens is 4. The molecule has 1 aromatic heterocycles. The molecular weight excluding hydrogens is 359 g/mol. The summed E-state index contributed by atoms with van der Waals surface area (Å²) < 4.78 is 38.1. The maximum absolute atomic E-state index is 12.7. The number of hydrogen-bond acceptors (Lipinski definition) is 3. The van der Waals surface area contributed by atoms with E-state index in [0.717, 1.165) is 17.7 Å². The number of anilines is 1. The SMILES string of the molecule is O=C(CC(=O)Nc1cc(C(F)(F)F)ccc1Cl)NCc1cccnc1. The molecule has 9 heteroatoms. The highest BCUT2D eigenvalue weighted by atomic mass is 35.5. The van der Waals surface area contributed by atoms with Crippen LogP contribution in [0.25, 0.3) is 0 Å². The molecule has 0 bridgehead atoms. The van der Waals surface area contributed by atoms with Crippen molar-refractivity contribution < 1.29 is 22.8 Å². The first kappa shape index (κ1) is 18.7. The van der Waals surface area contributed by atoms with E-state index in [2.05, 4.69) is 15.6 Å². The fourth-order valence-corrected chi connectivity index (χ4v) is 2.07. The Bertz CT molecular complexity index is 767. The van der Waals surface area contributed by atoms with Crippen LogP contribution in [0.3, 0.4) is 0 Å². The summed E-state index contributed by atoms with van der Waals surface area (Å²) >= 11 is 5.78. The molecule has 2 aromatic rings. The largest absolute Gasteiger partial charge is 0.416 e. The van der Waals surface area contributed by atoms with Crippen LogP contribution in [0.5, 0.6) is 0 Å². The number of hydrogen-bond donors (Lipinski definition) is 2. The highest BCUT2D eigenvalue weighted by Gasteiger charge is 2.31. The highest BCUT2D eigenvalue weighted by Crippen LogP contribution is 2.33. The van der Waals surface area contributed by atoms with Crippen LogP contribution in [0.1, 0.15) is 17.5 Å². The fourth-order valence-electron chi connectivity index (χ4n) is 1.90. The summed E-state index contributed by atoms with van der Waals surface area (Å²) in [6.07, 6.45) is -1.97. The summed E-state index contributed by atoms with van der Waals surface area (Å²) in [5.74, 6) is -1.35. The molecule has 25 heavy (non-hydrogen) atoms. The Morgan fingerprint density at radius 2 is 1.92 bits per heavy atom. The van der Waals surface area contributed by atoms with Gasteiger partial charge < -0.3 is 10.6 Å². The fraction of sp³-hybridized carbons (Fsp3) is 0.188. The quantitative estimate of drug-likeness (QED) is 0.791. The van der Waals surface area contributed by atoms with E-state index in [4.69, 9.17) is 11.6 Å². The molecule has 2 amide bonds. The maximum Gasteiger partial charge on any atom is 0.416 e. The molecule has 0 aliphatic heterocycles. The van der Waals surface area contributed by atoms with Gasteiger partial charge in [-0.1, -0.05) is 17.7 Å². The Balaban J connectivity index is 1.92. The summed E-state index contributed by atoms with van der Waals surface area (Å²) in [5, 5.41) is 4.66. The molecule has 0 aliphatic rings. The van der Waals surface area contributed by atoms with E-state index in [1.54, 1.807) is 24.5 Å². The number of amides is 2. The Kier molecular flexibility index (Phi) is 5.97. The zero-order chi connectivity index (χ0) is 18.4. The van der Waals surface area contributed by atoms with Crippen LogP contribution < -0.4 is 10.6 Å². The van der Waals surface area contributed by atoms with Crippen LogP contribution in [0.15, 0.2) is 42.7 Å². The van der Waals surface area contributed by atoms with Gasteiger partial charge in [0, 0.05) is 18.9 Å². The standard InChI is InChI=1S/C16H13ClF3N3O2/c17-12-4-3-11(16(18,19)20)6-13(12)23-15(25)7-14(24)22-9-10-2-1-5-21-8-10/h1-6,8H,7,9H2,(H,22,24)(H,23,25). The summed E-state index contributed by atoms with van der Waals surface area (Å²) in [6.45, 7) is 0.185. The first-order valence-electron chi connectivity index (χ1n) is 7.08. The van der Waals surface area contributed by atoms with Gasteiger partial charge in [-0.3, -0.25) is 14.6 Å². The Labute approximate surface area is 146 Å². The predicted octanol–water partition coefficient (Wildman–Crippen LogP) is 3.40. The summed E-state index contributed by atoms with van der Waals surface area (Å²) in [4.78, 5) is 27.4. The molecule has 0 saturated heterocycles. The number of carbonyl (C=O) groups excluding carboxylic acids is 2. The van der Waals surface area contributed by atoms with Crippen LogP contribution in [-0.4, -0.2) is 16.8 Å². The van der Waals surface area contributed by atoms with Crippen molar-refractivity contribution in [2.75, 3.05) is 5.32 Å². The average molecular weight is 372 g/mol. The van der Waals surface area contributed by atoms with Gasteiger partial charge in [-0.05, 0) is 29.8 Å². The lowest BCUT2D eigenvalue weighted by atomic mass is 10.2. The minimum Gasteiger partial charge on any atom is -0.352 e. The first-order chi connectivity index (χ1) is 11.8. The molecular formula is C16H13ClF3N3O2. The molecule has 132 valence electrons. The average Bonchev–Trinajstić information content (AvgIpc) is 2.55. The topological polar surface area (TPSA) is 71.1 Å². The molecule has 0 radical (unpaired) electrons.